The molecule has 1 amide bonds. The van der Waals surface area contributed by atoms with Gasteiger partial charge in [0.05, 0.1) is 16.1 Å². The summed E-state index contributed by atoms with van der Waals surface area (Å²) in [5.74, 6) is 0. The number of alkyl carbamates (subject to hydrolysis) is 1. The van der Waals surface area contributed by atoms with Crippen LogP contribution in [0.4, 0.5) is 4.79 Å². The van der Waals surface area contributed by atoms with Gasteiger partial charge in [-0.25, -0.2) is 17.9 Å². The van der Waals surface area contributed by atoms with Gasteiger partial charge in [0.2, 0.25) is 10.0 Å². The lowest BCUT2D eigenvalue weighted by atomic mass is 9.79. The third-order valence-corrected chi connectivity index (χ3v) is 6.28. The highest BCUT2D eigenvalue weighted by atomic mass is 32.2. The van der Waals surface area contributed by atoms with E-state index >= 15 is 0 Å². The van der Waals surface area contributed by atoms with E-state index in [4.69, 9.17) is 14.0 Å². The van der Waals surface area contributed by atoms with Crippen LogP contribution in [0, 0.1) is 0 Å². The lowest BCUT2D eigenvalue weighted by Gasteiger charge is -2.32. The molecule has 0 spiro atoms. The maximum atomic E-state index is 12.4. The number of hydrogen-bond donors (Lipinski definition) is 2. The van der Waals surface area contributed by atoms with Crippen LogP contribution in [0.25, 0.3) is 0 Å². The average Bonchev–Trinajstić information content (AvgIpc) is 2.78. The van der Waals surface area contributed by atoms with Gasteiger partial charge in [0.25, 0.3) is 0 Å². The van der Waals surface area contributed by atoms with Crippen molar-refractivity contribution >= 4 is 28.7 Å². The van der Waals surface area contributed by atoms with Crippen molar-refractivity contribution in [2.24, 2.45) is 0 Å². The summed E-state index contributed by atoms with van der Waals surface area (Å²) in [4.78, 5) is 11.7. The molecule has 0 saturated carbocycles. The molecule has 10 heteroatoms. The fraction of sp³-hybridized carbons (Fsp3) is 0.632. The predicted octanol–water partition coefficient (Wildman–Crippen LogP) is 1.79. The summed E-state index contributed by atoms with van der Waals surface area (Å²) in [6, 6.07) is 6.36. The number of carbonyl (C=O) groups is 1. The van der Waals surface area contributed by atoms with E-state index in [0.717, 1.165) is 5.46 Å². The van der Waals surface area contributed by atoms with Crippen LogP contribution in [-0.2, 0) is 24.1 Å². The number of ether oxygens (including phenoxy) is 1. The van der Waals surface area contributed by atoms with Gasteiger partial charge in [-0.05, 0) is 66.1 Å². The van der Waals surface area contributed by atoms with Gasteiger partial charge >= 0.3 is 13.2 Å². The number of carbonyl (C=O) groups excluding carboxylic acids is 1. The molecule has 1 aromatic carbocycles. The first-order valence-corrected chi connectivity index (χ1v) is 11.0. The Morgan fingerprint density at radius 3 is 2.03 bits per heavy atom. The third-order valence-electron chi connectivity index (χ3n) is 4.80. The molecular formula is C19H31BN2O6S. The summed E-state index contributed by atoms with van der Waals surface area (Å²) in [5, 5.41) is 2.50. The SMILES string of the molecule is CC(C)(C)OC(=O)NCCNS(=O)(=O)c1ccc(B2OC(C)(C)C(C)(C)O2)cc1. The molecule has 2 rings (SSSR count). The molecule has 1 aliphatic heterocycles. The number of amides is 1. The number of nitrogens with one attached hydrogen (secondary N) is 2. The Labute approximate surface area is 173 Å². The van der Waals surface area contributed by atoms with E-state index in [1.807, 2.05) is 27.7 Å². The summed E-state index contributed by atoms with van der Waals surface area (Å²) in [5.41, 5.74) is -0.798. The molecule has 1 aromatic rings. The van der Waals surface area contributed by atoms with Crippen molar-refractivity contribution in [1.82, 2.24) is 10.0 Å². The zero-order valence-electron chi connectivity index (χ0n) is 18.2. The normalized spacial score (nSPS) is 18.5. The number of benzene rings is 1. The molecule has 1 saturated heterocycles. The zero-order valence-corrected chi connectivity index (χ0v) is 19.0. The Hall–Kier alpha value is -1.62. The van der Waals surface area contributed by atoms with Gasteiger partial charge in [-0.1, -0.05) is 12.1 Å². The van der Waals surface area contributed by atoms with Crippen molar-refractivity contribution < 1.29 is 27.3 Å². The van der Waals surface area contributed by atoms with Crippen molar-refractivity contribution in [2.75, 3.05) is 13.1 Å². The molecule has 1 fully saturated rings. The Morgan fingerprint density at radius 2 is 1.55 bits per heavy atom. The van der Waals surface area contributed by atoms with Crippen LogP contribution in [0.5, 0.6) is 0 Å². The van der Waals surface area contributed by atoms with Crippen LogP contribution >= 0.6 is 0 Å². The smallest absolute Gasteiger partial charge is 0.444 e. The second-order valence-corrected chi connectivity index (χ2v) is 10.8. The first kappa shape index (κ1) is 23.7. The molecule has 0 aromatic heterocycles. The lowest BCUT2D eigenvalue weighted by Crippen LogP contribution is -2.41. The molecule has 1 heterocycles. The molecule has 29 heavy (non-hydrogen) atoms. The van der Waals surface area contributed by atoms with Gasteiger partial charge in [-0.15, -0.1) is 0 Å². The second kappa shape index (κ2) is 8.25. The maximum absolute atomic E-state index is 12.4. The minimum Gasteiger partial charge on any atom is -0.444 e. The fourth-order valence-electron chi connectivity index (χ4n) is 2.53. The summed E-state index contributed by atoms with van der Waals surface area (Å²) < 4.78 is 44.3. The second-order valence-electron chi connectivity index (χ2n) is 8.98. The quantitative estimate of drug-likeness (QED) is 0.531. The fourth-order valence-corrected chi connectivity index (χ4v) is 3.56. The number of hydrogen-bond acceptors (Lipinski definition) is 6. The maximum Gasteiger partial charge on any atom is 0.494 e. The number of sulfonamides is 1. The monoisotopic (exact) mass is 426 g/mol. The standard InChI is InChI=1S/C19H31BN2O6S/c1-17(2,3)26-16(23)21-12-13-22-29(24,25)15-10-8-14(9-11-15)20-27-18(4,5)19(6,7)28-20/h8-11,22H,12-13H2,1-7H3,(H,21,23). The summed E-state index contributed by atoms with van der Waals surface area (Å²) >= 11 is 0. The molecule has 0 atom stereocenters. The molecule has 1 aliphatic rings. The Kier molecular flexibility index (Phi) is 6.73. The van der Waals surface area contributed by atoms with Crippen molar-refractivity contribution in [1.29, 1.82) is 0 Å². The van der Waals surface area contributed by atoms with Crippen molar-refractivity contribution in [3.05, 3.63) is 24.3 Å². The molecule has 0 aliphatic carbocycles. The lowest BCUT2D eigenvalue weighted by molar-refractivity contribution is 0.00578. The van der Waals surface area contributed by atoms with Crippen molar-refractivity contribution in [3.8, 4) is 0 Å². The minimum absolute atomic E-state index is 0.0422. The molecule has 8 nitrogen and oxygen atoms in total. The van der Waals surface area contributed by atoms with Crippen LogP contribution in [-0.4, -0.2) is 51.5 Å². The van der Waals surface area contributed by atoms with Gasteiger partial charge in [-0.2, -0.15) is 0 Å². The molecule has 0 unspecified atom stereocenters. The van der Waals surface area contributed by atoms with E-state index in [-0.39, 0.29) is 18.0 Å². The topological polar surface area (TPSA) is 103 Å². The summed E-state index contributed by atoms with van der Waals surface area (Å²) in [7, 11) is -4.26. The Balaban J connectivity index is 1.91. The van der Waals surface area contributed by atoms with Gasteiger partial charge in [0.1, 0.15) is 5.60 Å². The van der Waals surface area contributed by atoms with Crippen LogP contribution in [0.2, 0.25) is 0 Å². The van der Waals surface area contributed by atoms with Crippen molar-refractivity contribution in [2.45, 2.75) is 70.2 Å². The average molecular weight is 426 g/mol. The first-order valence-electron chi connectivity index (χ1n) is 9.55. The van der Waals surface area contributed by atoms with E-state index < -0.39 is 40.0 Å². The third kappa shape index (κ3) is 6.18. The summed E-state index contributed by atoms with van der Waals surface area (Å²) in [6.45, 7) is 13.2. The molecular weight excluding hydrogens is 395 g/mol. The van der Waals surface area contributed by atoms with E-state index in [2.05, 4.69) is 10.0 Å². The minimum atomic E-state index is -3.70. The Bertz CT molecular complexity index is 815. The largest absolute Gasteiger partial charge is 0.494 e. The van der Waals surface area contributed by atoms with Crippen LogP contribution in [0.15, 0.2) is 29.2 Å². The van der Waals surface area contributed by atoms with Gasteiger partial charge in [-0.3, -0.25) is 0 Å². The molecule has 162 valence electrons. The van der Waals surface area contributed by atoms with Gasteiger partial charge in [0, 0.05) is 13.1 Å². The van der Waals surface area contributed by atoms with E-state index in [0.29, 0.717) is 0 Å². The highest BCUT2D eigenvalue weighted by molar-refractivity contribution is 7.89. The number of rotatable bonds is 6. The Morgan fingerprint density at radius 1 is 1.03 bits per heavy atom. The van der Waals surface area contributed by atoms with Crippen LogP contribution in [0.3, 0.4) is 0 Å². The van der Waals surface area contributed by atoms with E-state index in [1.165, 1.54) is 12.1 Å². The van der Waals surface area contributed by atoms with Crippen LogP contribution < -0.4 is 15.5 Å². The predicted molar refractivity (Wildman–Crippen MR) is 112 cm³/mol. The van der Waals surface area contributed by atoms with Gasteiger partial charge < -0.3 is 19.4 Å². The van der Waals surface area contributed by atoms with Crippen molar-refractivity contribution in [3.63, 3.8) is 0 Å². The zero-order chi connectivity index (χ0) is 22.1. The van der Waals surface area contributed by atoms with E-state index in [1.54, 1.807) is 32.9 Å². The molecule has 0 radical (unpaired) electrons. The highest BCUT2D eigenvalue weighted by Gasteiger charge is 2.51. The molecule has 2 N–H and O–H groups in total. The van der Waals surface area contributed by atoms with Gasteiger partial charge in [0.15, 0.2) is 0 Å². The van der Waals surface area contributed by atoms with Crippen LogP contribution in [0.1, 0.15) is 48.5 Å². The van der Waals surface area contributed by atoms with E-state index in [9.17, 15) is 13.2 Å². The first-order chi connectivity index (χ1) is 13.1. The highest BCUT2D eigenvalue weighted by Crippen LogP contribution is 2.36. The molecule has 0 bridgehead atoms. The summed E-state index contributed by atoms with van der Waals surface area (Å²) in [6.07, 6.45) is -0.594.